The lowest BCUT2D eigenvalue weighted by Gasteiger charge is -2.22. The average Bonchev–Trinajstić information content (AvgIpc) is 3.45. The van der Waals surface area contributed by atoms with E-state index in [-0.39, 0.29) is 24.5 Å². The number of hydrazone groups is 1. The first-order chi connectivity index (χ1) is 14.9. The highest BCUT2D eigenvalue weighted by Crippen LogP contribution is 2.37. The highest BCUT2D eigenvalue weighted by atomic mass is 32.1. The molecule has 0 spiro atoms. The number of benzene rings is 1. The van der Waals surface area contributed by atoms with E-state index in [2.05, 4.69) is 5.10 Å². The van der Waals surface area contributed by atoms with E-state index in [0.29, 0.717) is 30.3 Å². The summed E-state index contributed by atoms with van der Waals surface area (Å²) in [7, 11) is 3.15. The molecular weight excluding hydrogens is 416 g/mol. The number of methoxy groups -OCH3 is 2. The lowest BCUT2D eigenvalue weighted by Crippen LogP contribution is -2.31. The van der Waals surface area contributed by atoms with Gasteiger partial charge in [-0.25, -0.2) is 5.01 Å². The predicted octanol–water partition coefficient (Wildman–Crippen LogP) is 4.42. The number of esters is 1. The second kappa shape index (κ2) is 10.4. The van der Waals surface area contributed by atoms with Gasteiger partial charge in [0.1, 0.15) is 0 Å². The van der Waals surface area contributed by atoms with Crippen LogP contribution in [0.1, 0.15) is 49.6 Å². The van der Waals surface area contributed by atoms with Crippen molar-refractivity contribution in [1.29, 1.82) is 0 Å². The highest BCUT2D eigenvalue weighted by Gasteiger charge is 2.34. The van der Waals surface area contributed by atoms with Gasteiger partial charge >= 0.3 is 5.97 Å². The maximum atomic E-state index is 13.0. The van der Waals surface area contributed by atoms with E-state index in [9.17, 15) is 9.59 Å². The van der Waals surface area contributed by atoms with Crippen LogP contribution in [0.25, 0.3) is 0 Å². The highest BCUT2D eigenvalue weighted by molar-refractivity contribution is 7.12. The number of thiophene rings is 1. The Morgan fingerprint density at radius 2 is 1.97 bits per heavy atom. The minimum Gasteiger partial charge on any atom is -0.493 e. The van der Waals surface area contributed by atoms with E-state index in [1.807, 2.05) is 49.6 Å². The van der Waals surface area contributed by atoms with Gasteiger partial charge in [0.15, 0.2) is 18.1 Å². The van der Waals surface area contributed by atoms with E-state index in [1.165, 1.54) is 5.01 Å². The molecule has 1 amide bonds. The average molecular weight is 445 g/mol. The van der Waals surface area contributed by atoms with Crippen LogP contribution in [-0.4, -0.2) is 43.4 Å². The number of hydrogen-bond donors (Lipinski definition) is 0. The Bertz CT molecular complexity index is 939. The summed E-state index contributed by atoms with van der Waals surface area (Å²) in [5.41, 5.74) is 1.70. The van der Waals surface area contributed by atoms with Gasteiger partial charge in [0, 0.05) is 12.8 Å². The largest absolute Gasteiger partial charge is 0.493 e. The molecule has 0 fully saturated rings. The second-order valence-electron chi connectivity index (χ2n) is 7.69. The van der Waals surface area contributed by atoms with Gasteiger partial charge in [0.2, 0.25) is 0 Å². The molecule has 0 aliphatic carbocycles. The number of hydrogen-bond acceptors (Lipinski definition) is 7. The third-order valence-electron chi connectivity index (χ3n) is 5.05. The first-order valence-corrected chi connectivity index (χ1v) is 11.1. The normalized spacial score (nSPS) is 15.7. The Kier molecular flexibility index (Phi) is 7.68. The van der Waals surface area contributed by atoms with Gasteiger partial charge in [0.25, 0.3) is 5.91 Å². The number of carbonyl (C=O) groups is 2. The van der Waals surface area contributed by atoms with Crippen molar-refractivity contribution >= 4 is 28.9 Å². The SMILES string of the molecule is COc1ccc(C2CC(c3cccs3)=NN2C(=O)COC(=O)CCC(C)C)cc1OC. The Morgan fingerprint density at radius 1 is 1.19 bits per heavy atom. The van der Waals surface area contributed by atoms with Crippen LogP contribution in [0.2, 0.25) is 0 Å². The molecule has 1 atom stereocenters. The smallest absolute Gasteiger partial charge is 0.306 e. The van der Waals surface area contributed by atoms with Crippen LogP contribution in [-0.2, 0) is 14.3 Å². The van der Waals surface area contributed by atoms with Crippen LogP contribution >= 0.6 is 11.3 Å². The van der Waals surface area contributed by atoms with E-state index < -0.39 is 0 Å². The summed E-state index contributed by atoms with van der Waals surface area (Å²) in [5.74, 6) is 0.863. The molecule has 1 aliphatic rings. The van der Waals surface area contributed by atoms with Crippen LogP contribution < -0.4 is 9.47 Å². The van der Waals surface area contributed by atoms with E-state index in [1.54, 1.807) is 25.6 Å². The van der Waals surface area contributed by atoms with Gasteiger partial charge in [-0.05, 0) is 41.5 Å². The fraction of sp³-hybridized carbons (Fsp3) is 0.435. The maximum absolute atomic E-state index is 13.0. The quantitative estimate of drug-likeness (QED) is 0.535. The molecule has 0 saturated heterocycles. The molecule has 0 radical (unpaired) electrons. The Hall–Kier alpha value is -2.87. The maximum Gasteiger partial charge on any atom is 0.306 e. The summed E-state index contributed by atoms with van der Waals surface area (Å²) in [6.45, 7) is 3.75. The molecule has 0 N–H and O–H groups in total. The number of carbonyl (C=O) groups excluding carboxylic acids is 2. The van der Waals surface area contributed by atoms with Crippen molar-refractivity contribution < 1.29 is 23.8 Å². The van der Waals surface area contributed by atoms with Gasteiger partial charge in [-0.15, -0.1) is 11.3 Å². The van der Waals surface area contributed by atoms with Crippen LogP contribution in [0.5, 0.6) is 11.5 Å². The Labute approximate surface area is 186 Å². The minimum atomic E-state index is -0.369. The molecule has 1 unspecified atom stereocenters. The van der Waals surface area contributed by atoms with Gasteiger partial charge in [0.05, 0.1) is 30.9 Å². The molecule has 166 valence electrons. The van der Waals surface area contributed by atoms with Crippen molar-refractivity contribution in [2.24, 2.45) is 11.0 Å². The first kappa shape index (κ1) is 22.8. The lowest BCUT2D eigenvalue weighted by atomic mass is 10.0. The van der Waals surface area contributed by atoms with Crippen molar-refractivity contribution in [3.05, 3.63) is 46.2 Å². The monoisotopic (exact) mass is 444 g/mol. The topological polar surface area (TPSA) is 77.4 Å². The van der Waals surface area contributed by atoms with Crippen molar-refractivity contribution in [1.82, 2.24) is 5.01 Å². The van der Waals surface area contributed by atoms with Crippen LogP contribution in [0.4, 0.5) is 0 Å². The lowest BCUT2D eigenvalue weighted by molar-refractivity contribution is -0.153. The molecule has 2 heterocycles. The Morgan fingerprint density at radius 3 is 2.61 bits per heavy atom. The van der Waals surface area contributed by atoms with Crippen molar-refractivity contribution in [2.45, 2.75) is 39.2 Å². The third-order valence-corrected chi connectivity index (χ3v) is 5.97. The van der Waals surface area contributed by atoms with Gasteiger partial charge in [-0.2, -0.15) is 5.10 Å². The number of amides is 1. The predicted molar refractivity (Wildman–Crippen MR) is 120 cm³/mol. The standard InChI is InChI=1S/C23H28N2O5S/c1-15(2)7-10-23(27)30-14-22(26)25-18(13-17(24-25)21-6-5-11-31-21)16-8-9-19(28-3)20(12-16)29-4/h5-6,8-9,11-12,15,18H,7,10,13-14H2,1-4H3. The molecule has 1 aromatic heterocycles. The summed E-state index contributed by atoms with van der Waals surface area (Å²) in [6.07, 6.45) is 1.59. The number of nitrogens with zero attached hydrogens (tertiary/aromatic N) is 2. The summed E-state index contributed by atoms with van der Waals surface area (Å²) in [4.78, 5) is 25.9. The second-order valence-corrected chi connectivity index (χ2v) is 8.64. The molecular formula is C23H28N2O5S. The van der Waals surface area contributed by atoms with Crippen LogP contribution in [0.3, 0.4) is 0 Å². The molecule has 8 heteroatoms. The summed E-state index contributed by atoms with van der Waals surface area (Å²) < 4.78 is 16.0. The van der Waals surface area contributed by atoms with Crippen molar-refractivity contribution in [3.8, 4) is 11.5 Å². The summed E-state index contributed by atoms with van der Waals surface area (Å²) in [6, 6.07) is 9.17. The van der Waals surface area contributed by atoms with Gasteiger partial charge < -0.3 is 14.2 Å². The van der Waals surface area contributed by atoms with E-state index in [0.717, 1.165) is 22.6 Å². The Balaban J connectivity index is 1.79. The molecule has 7 nitrogen and oxygen atoms in total. The van der Waals surface area contributed by atoms with Crippen LogP contribution in [0, 0.1) is 5.92 Å². The molecule has 1 aromatic carbocycles. The molecule has 1 aliphatic heterocycles. The van der Waals surface area contributed by atoms with Gasteiger partial charge in [-0.3, -0.25) is 9.59 Å². The van der Waals surface area contributed by atoms with Crippen molar-refractivity contribution in [2.75, 3.05) is 20.8 Å². The molecule has 0 saturated carbocycles. The summed E-state index contributed by atoms with van der Waals surface area (Å²) in [5, 5.41) is 7.99. The number of ether oxygens (including phenoxy) is 3. The zero-order valence-corrected chi connectivity index (χ0v) is 19.1. The molecule has 2 aromatic rings. The van der Waals surface area contributed by atoms with Crippen LogP contribution in [0.15, 0.2) is 40.8 Å². The van der Waals surface area contributed by atoms with E-state index in [4.69, 9.17) is 14.2 Å². The number of rotatable bonds is 9. The fourth-order valence-electron chi connectivity index (χ4n) is 3.34. The zero-order chi connectivity index (χ0) is 22.4. The van der Waals surface area contributed by atoms with Crippen molar-refractivity contribution in [3.63, 3.8) is 0 Å². The molecule has 3 rings (SSSR count). The molecule has 31 heavy (non-hydrogen) atoms. The van der Waals surface area contributed by atoms with E-state index >= 15 is 0 Å². The zero-order valence-electron chi connectivity index (χ0n) is 18.3. The minimum absolute atomic E-state index is 0.299. The molecule has 0 bridgehead atoms. The first-order valence-electron chi connectivity index (χ1n) is 10.2. The summed E-state index contributed by atoms with van der Waals surface area (Å²) >= 11 is 1.57. The fourth-order valence-corrected chi connectivity index (χ4v) is 4.06. The third kappa shape index (κ3) is 5.64. The van der Waals surface area contributed by atoms with Gasteiger partial charge in [-0.1, -0.05) is 26.0 Å².